The first kappa shape index (κ1) is 16.9. The summed E-state index contributed by atoms with van der Waals surface area (Å²) in [6.07, 6.45) is 0.725. The van der Waals surface area contributed by atoms with Crippen molar-refractivity contribution in [1.29, 1.82) is 0 Å². The summed E-state index contributed by atoms with van der Waals surface area (Å²) in [6, 6.07) is 5.74. The van der Waals surface area contributed by atoms with Crippen LogP contribution in [0.3, 0.4) is 0 Å². The van der Waals surface area contributed by atoms with Gasteiger partial charge in [0.15, 0.2) is 0 Å². The molecule has 1 saturated heterocycles. The van der Waals surface area contributed by atoms with Crippen molar-refractivity contribution in [3.8, 4) is 0 Å². The lowest BCUT2D eigenvalue weighted by atomic mass is 10.0. The first-order chi connectivity index (χ1) is 10.4. The van der Waals surface area contributed by atoms with Crippen LogP contribution in [0.4, 0.5) is 0 Å². The smallest absolute Gasteiger partial charge is 0.251 e. The van der Waals surface area contributed by atoms with Crippen LogP contribution in [-0.4, -0.2) is 53.8 Å². The Hall–Kier alpha value is -1.48. The van der Waals surface area contributed by atoms with Crippen molar-refractivity contribution in [3.05, 3.63) is 29.8 Å². The van der Waals surface area contributed by atoms with E-state index in [1.807, 2.05) is 0 Å². The third-order valence-electron chi connectivity index (χ3n) is 3.77. The topological polar surface area (TPSA) is 93.7 Å². The number of hydrogen-bond donors (Lipinski definition) is 2. The largest absolute Gasteiger partial charge is 0.378 e. The summed E-state index contributed by atoms with van der Waals surface area (Å²) in [7, 11) is -0.565. The van der Waals surface area contributed by atoms with E-state index >= 15 is 0 Å². The maximum Gasteiger partial charge on any atom is 0.251 e. The molecule has 1 aromatic carbocycles. The molecule has 8 heteroatoms. The van der Waals surface area contributed by atoms with Crippen LogP contribution in [0.5, 0.6) is 0 Å². The van der Waals surface area contributed by atoms with Gasteiger partial charge in [-0.1, -0.05) is 0 Å². The minimum absolute atomic E-state index is 0.115. The van der Waals surface area contributed by atoms with Gasteiger partial charge in [-0.15, -0.1) is 0 Å². The SMILES string of the molecule is CNS(=O)(=O)c1ccc(C(=O)NCC2(OC)CCOC2)cc1. The van der Waals surface area contributed by atoms with Gasteiger partial charge in [0.05, 0.1) is 11.5 Å². The zero-order valence-corrected chi connectivity index (χ0v) is 13.4. The number of ether oxygens (including phenoxy) is 2. The quantitative estimate of drug-likeness (QED) is 0.774. The van der Waals surface area contributed by atoms with Crippen molar-refractivity contribution >= 4 is 15.9 Å². The van der Waals surface area contributed by atoms with Crippen LogP contribution in [-0.2, 0) is 19.5 Å². The van der Waals surface area contributed by atoms with E-state index in [0.717, 1.165) is 6.42 Å². The van der Waals surface area contributed by atoms with Crippen LogP contribution in [0.2, 0.25) is 0 Å². The van der Waals surface area contributed by atoms with Crippen LogP contribution in [0.1, 0.15) is 16.8 Å². The molecule has 2 N–H and O–H groups in total. The second kappa shape index (κ2) is 6.74. The lowest BCUT2D eigenvalue weighted by Gasteiger charge is -2.25. The van der Waals surface area contributed by atoms with E-state index in [-0.39, 0.29) is 10.8 Å². The molecule has 22 heavy (non-hydrogen) atoms. The first-order valence-corrected chi connectivity index (χ1v) is 8.35. The van der Waals surface area contributed by atoms with E-state index in [0.29, 0.717) is 25.3 Å². The van der Waals surface area contributed by atoms with Gasteiger partial charge in [0.25, 0.3) is 5.91 Å². The fourth-order valence-corrected chi connectivity index (χ4v) is 2.94. The van der Waals surface area contributed by atoms with E-state index in [9.17, 15) is 13.2 Å². The van der Waals surface area contributed by atoms with Gasteiger partial charge in [-0.25, -0.2) is 13.1 Å². The number of carbonyl (C=O) groups excluding carboxylic acids is 1. The summed E-state index contributed by atoms with van der Waals surface area (Å²) in [5.41, 5.74) is -0.0920. The van der Waals surface area contributed by atoms with Gasteiger partial charge >= 0.3 is 0 Å². The third-order valence-corrected chi connectivity index (χ3v) is 5.20. The van der Waals surface area contributed by atoms with E-state index in [1.165, 1.54) is 31.3 Å². The molecule has 1 aliphatic rings. The predicted molar refractivity (Wildman–Crippen MR) is 80.2 cm³/mol. The summed E-state index contributed by atoms with van der Waals surface area (Å²) in [5, 5.41) is 2.80. The van der Waals surface area contributed by atoms with Crippen molar-refractivity contribution in [2.24, 2.45) is 0 Å². The fourth-order valence-electron chi connectivity index (χ4n) is 2.21. The van der Waals surface area contributed by atoms with Crippen molar-refractivity contribution in [2.75, 3.05) is 33.9 Å². The number of hydrogen-bond acceptors (Lipinski definition) is 5. The molecule has 1 aliphatic heterocycles. The standard InChI is InChI=1S/C14H20N2O5S/c1-15-22(18,19)12-5-3-11(4-6-12)13(17)16-9-14(20-2)7-8-21-10-14/h3-6,15H,7-10H2,1-2H3,(H,16,17). The molecule has 1 amide bonds. The van der Waals surface area contributed by atoms with Gasteiger partial charge in [0.1, 0.15) is 5.60 Å². The van der Waals surface area contributed by atoms with E-state index in [2.05, 4.69) is 10.0 Å². The summed E-state index contributed by atoms with van der Waals surface area (Å²) in [6.45, 7) is 1.41. The zero-order valence-electron chi connectivity index (χ0n) is 12.6. The number of amides is 1. The van der Waals surface area contributed by atoms with Gasteiger partial charge < -0.3 is 14.8 Å². The van der Waals surface area contributed by atoms with Gasteiger partial charge in [0.2, 0.25) is 10.0 Å². The Bertz CT molecular complexity index is 621. The molecule has 1 fully saturated rings. The number of benzene rings is 1. The molecule has 0 saturated carbocycles. The van der Waals surface area contributed by atoms with Gasteiger partial charge in [-0.05, 0) is 31.3 Å². The Balaban J connectivity index is 2.01. The molecule has 0 aromatic heterocycles. The van der Waals surface area contributed by atoms with Gasteiger partial charge in [-0.3, -0.25) is 4.79 Å². The Labute approximate surface area is 130 Å². The Morgan fingerprint density at radius 1 is 1.36 bits per heavy atom. The molecule has 1 aromatic rings. The highest BCUT2D eigenvalue weighted by atomic mass is 32.2. The average molecular weight is 328 g/mol. The fraction of sp³-hybridized carbons (Fsp3) is 0.500. The monoisotopic (exact) mass is 328 g/mol. The third kappa shape index (κ3) is 3.64. The molecule has 7 nitrogen and oxygen atoms in total. The van der Waals surface area contributed by atoms with Crippen molar-refractivity contribution < 1.29 is 22.7 Å². The highest BCUT2D eigenvalue weighted by Crippen LogP contribution is 2.21. The molecule has 122 valence electrons. The minimum atomic E-state index is -3.50. The van der Waals surface area contributed by atoms with Crippen LogP contribution >= 0.6 is 0 Å². The van der Waals surface area contributed by atoms with Crippen molar-refractivity contribution in [3.63, 3.8) is 0 Å². The maximum atomic E-state index is 12.1. The lowest BCUT2D eigenvalue weighted by Crippen LogP contribution is -2.45. The molecule has 0 bridgehead atoms. The van der Waals surface area contributed by atoms with Crippen molar-refractivity contribution in [1.82, 2.24) is 10.0 Å². The minimum Gasteiger partial charge on any atom is -0.378 e. The Morgan fingerprint density at radius 3 is 2.55 bits per heavy atom. The lowest BCUT2D eigenvalue weighted by molar-refractivity contribution is -0.0148. The zero-order chi connectivity index (χ0) is 16.2. The van der Waals surface area contributed by atoms with Crippen LogP contribution in [0.25, 0.3) is 0 Å². The number of nitrogens with one attached hydrogen (secondary N) is 2. The summed E-state index contributed by atoms with van der Waals surface area (Å²) in [4.78, 5) is 12.2. The number of sulfonamides is 1. The molecular formula is C14H20N2O5S. The van der Waals surface area contributed by atoms with E-state index in [4.69, 9.17) is 9.47 Å². The predicted octanol–water partition coefficient (Wildman–Crippen LogP) is 0.130. The molecular weight excluding hydrogens is 308 g/mol. The van der Waals surface area contributed by atoms with Crippen LogP contribution in [0, 0.1) is 0 Å². The highest BCUT2D eigenvalue weighted by molar-refractivity contribution is 7.89. The first-order valence-electron chi connectivity index (χ1n) is 6.87. The van der Waals surface area contributed by atoms with E-state index in [1.54, 1.807) is 7.11 Å². The number of carbonyl (C=O) groups is 1. The average Bonchev–Trinajstić information content (AvgIpc) is 3.02. The summed E-state index contributed by atoms with van der Waals surface area (Å²) in [5.74, 6) is -0.281. The second-order valence-electron chi connectivity index (χ2n) is 5.10. The van der Waals surface area contributed by atoms with Gasteiger partial charge in [0, 0.05) is 32.2 Å². The molecule has 1 atom stereocenters. The molecule has 1 heterocycles. The summed E-state index contributed by atoms with van der Waals surface area (Å²) >= 11 is 0. The highest BCUT2D eigenvalue weighted by Gasteiger charge is 2.35. The van der Waals surface area contributed by atoms with Crippen molar-refractivity contribution in [2.45, 2.75) is 16.9 Å². The summed E-state index contributed by atoms with van der Waals surface area (Å²) < 4.78 is 36.2. The molecule has 0 spiro atoms. The van der Waals surface area contributed by atoms with Gasteiger partial charge in [-0.2, -0.15) is 0 Å². The maximum absolute atomic E-state index is 12.1. The van der Waals surface area contributed by atoms with Crippen LogP contribution in [0.15, 0.2) is 29.2 Å². The van der Waals surface area contributed by atoms with Crippen LogP contribution < -0.4 is 10.0 Å². The number of rotatable bonds is 6. The normalized spacial score (nSPS) is 21.7. The molecule has 0 radical (unpaired) electrons. The molecule has 2 rings (SSSR count). The Morgan fingerprint density at radius 2 is 2.05 bits per heavy atom. The second-order valence-corrected chi connectivity index (χ2v) is 6.99. The van der Waals surface area contributed by atoms with E-state index < -0.39 is 15.6 Å². The molecule has 0 aliphatic carbocycles. The Kier molecular flexibility index (Phi) is 5.17. The number of methoxy groups -OCH3 is 1. The molecule has 1 unspecified atom stereocenters.